The molecule has 2 bridgehead atoms. The van der Waals surface area contributed by atoms with E-state index < -0.39 is 5.91 Å². The standard InChI is InChI=1S/C21H24N4O3/c26-19(11-15-9-12-3-4-13(15)8-12)23-24-20(27)14-5-6-16-17(10-14)22-18-2-1-7-25(18)21(16)28/h5-6,10,12-13,15H,1-4,7-9,11H2,(H,23,26)(H,24,27)/t12-,13+,15-/m0/s1. The van der Waals surface area contributed by atoms with E-state index in [-0.39, 0.29) is 11.5 Å². The monoisotopic (exact) mass is 380 g/mol. The number of rotatable bonds is 3. The van der Waals surface area contributed by atoms with Crippen LogP contribution in [0.2, 0.25) is 0 Å². The van der Waals surface area contributed by atoms with Crippen LogP contribution in [-0.4, -0.2) is 21.4 Å². The molecule has 2 N–H and O–H groups in total. The maximum Gasteiger partial charge on any atom is 0.269 e. The number of hydrogen-bond acceptors (Lipinski definition) is 4. The summed E-state index contributed by atoms with van der Waals surface area (Å²) in [7, 11) is 0. The summed E-state index contributed by atoms with van der Waals surface area (Å²) in [6, 6.07) is 4.86. The smallest absolute Gasteiger partial charge is 0.269 e. The molecule has 2 fully saturated rings. The van der Waals surface area contributed by atoms with Crippen LogP contribution in [0, 0.1) is 17.8 Å². The van der Waals surface area contributed by atoms with E-state index in [0.29, 0.717) is 41.3 Å². The molecule has 1 aromatic carbocycles. The molecule has 1 aliphatic heterocycles. The van der Waals surface area contributed by atoms with Crippen molar-refractivity contribution in [3.05, 3.63) is 39.9 Å². The van der Waals surface area contributed by atoms with Crippen LogP contribution in [0.5, 0.6) is 0 Å². The summed E-state index contributed by atoms with van der Waals surface area (Å²) in [4.78, 5) is 41.7. The van der Waals surface area contributed by atoms with Crippen LogP contribution in [0.3, 0.4) is 0 Å². The molecule has 3 atom stereocenters. The summed E-state index contributed by atoms with van der Waals surface area (Å²) in [5.74, 6) is 2.17. The third kappa shape index (κ3) is 2.99. The van der Waals surface area contributed by atoms with Crippen molar-refractivity contribution >= 4 is 22.7 Å². The molecule has 2 aliphatic carbocycles. The summed E-state index contributed by atoms with van der Waals surface area (Å²) in [5.41, 5.74) is 5.89. The van der Waals surface area contributed by atoms with Crippen LogP contribution in [-0.2, 0) is 17.8 Å². The van der Waals surface area contributed by atoms with Gasteiger partial charge in [0.15, 0.2) is 0 Å². The molecular formula is C21H24N4O3. The van der Waals surface area contributed by atoms with E-state index in [1.54, 1.807) is 22.8 Å². The molecule has 7 nitrogen and oxygen atoms in total. The Kier molecular flexibility index (Phi) is 4.18. The van der Waals surface area contributed by atoms with Crippen LogP contribution in [0.1, 0.15) is 54.7 Å². The first-order valence-corrected chi connectivity index (χ1v) is 10.2. The van der Waals surface area contributed by atoms with Gasteiger partial charge in [-0.3, -0.25) is 29.8 Å². The first-order valence-electron chi connectivity index (χ1n) is 10.2. The molecule has 7 heteroatoms. The number of fused-ring (bicyclic) bond motifs is 4. The minimum atomic E-state index is -0.398. The van der Waals surface area contributed by atoms with Crippen molar-refractivity contribution in [3.8, 4) is 0 Å². The van der Waals surface area contributed by atoms with Crippen LogP contribution in [0.15, 0.2) is 23.0 Å². The SMILES string of the molecule is O=C(C[C@@H]1C[C@H]2CC[C@@H]1C2)NNC(=O)c1ccc2c(=O)n3c(nc2c1)CCC3. The molecule has 2 amide bonds. The highest BCUT2D eigenvalue weighted by Crippen LogP contribution is 2.49. The molecule has 28 heavy (non-hydrogen) atoms. The molecule has 1 aromatic heterocycles. The molecule has 0 radical (unpaired) electrons. The molecule has 5 rings (SSSR count). The van der Waals surface area contributed by atoms with E-state index in [0.717, 1.165) is 31.0 Å². The second kappa shape index (κ2) is 6.72. The fourth-order valence-electron chi connectivity index (χ4n) is 5.34. The van der Waals surface area contributed by atoms with E-state index in [4.69, 9.17) is 0 Å². The lowest BCUT2D eigenvalue weighted by molar-refractivity contribution is -0.123. The quantitative estimate of drug-likeness (QED) is 0.796. The second-order valence-corrected chi connectivity index (χ2v) is 8.46. The number of hydrogen-bond donors (Lipinski definition) is 2. The number of benzene rings is 1. The van der Waals surface area contributed by atoms with Crippen LogP contribution >= 0.6 is 0 Å². The Hall–Kier alpha value is -2.70. The Morgan fingerprint density at radius 2 is 2.07 bits per heavy atom. The highest BCUT2D eigenvalue weighted by Gasteiger charge is 2.40. The fourth-order valence-corrected chi connectivity index (χ4v) is 5.34. The lowest BCUT2D eigenvalue weighted by Gasteiger charge is -2.20. The zero-order valence-electron chi connectivity index (χ0n) is 15.7. The third-order valence-electron chi connectivity index (χ3n) is 6.73. The van der Waals surface area contributed by atoms with Crippen molar-refractivity contribution < 1.29 is 9.59 Å². The van der Waals surface area contributed by atoms with Crippen LogP contribution in [0.4, 0.5) is 0 Å². The first-order chi connectivity index (χ1) is 13.6. The molecule has 0 saturated heterocycles. The van der Waals surface area contributed by atoms with Gasteiger partial charge in [0.1, 0.15) is 5.82 Å². The number of aromatic nitrogens is 2. The Balaban J connectivity index is 1.25. The van der Waals surface area contributed by atoms with E-state index in [1.807, 2.05) is 0 Å². The van der Waals surface area contributed by atoms with Gasteiger partial charge in [-0.25, -0.2) is 4.98 Å². The van der Waals surface area contributed by atoms with Crippen LogP contribution < -0.4 is 16.4 Å². The van der Waals surface area contributed by atoms with Gasteiger partial charge in [-0.05, 0) is 61.6 Å². The fraction of sp³-hybridized carbons (Fsp3) is 0.524. The molecule has 146 valence electrons. The molecule has 3 aliphatic rings. The van der Waals surface area contributed by atoms with Gasteiger partial charge in [0.05, 0.1) is 10.9 Å². The number of nitrogens with one attached hydrogen (secondary N) is 2. The van der Waals surface area contributed by atoms with E-state index in [1.165, 1.54) is 19.3 Å². The summed E-state index contributed by atoms with van der Waals surface area (Å²) in [5, 5.41) is 0.516. The minimum absolute atomic E-state index is 0.0522. The van der Waals surface area contributed by atoms with Crippen LogP contribution in [0.25, 0.3) is 10.9 Å². The second-order valence-electron chi connectivity index (χ2n) is 8.46. The lowest BCUT2D eigenvalue weighted by atomic mass is 9.86. The van der Waals surface area contributed by atoms with Gasteiger partial charge in [-0.1, -0.05) is 6.42 Å². The largest absolute Gasteiger partial charge is 0.296 e. The van der Waals surface area contributed by atoms with Crippen molar-refractivity contribution in [2.45, 2.75) is 51.5 Å². The Morgan fingerprint density at radius 1 is 1.18 bits per heavy atom. The number of hydrazine groups is 1. The van der Waals surface area contributed by atoms with Gasteiger partial charge in [-0.15, -0.1) is 0 Å². The van der Waals surface area contributed by atoms with Crippen molar-refractivity contribution in [3.63, 3.8) is 0 Å². The van der Waals surface area contributed by atoms with Crippen molar-refractivity contribution in [1.29, 1.82) is 0 Å². The van der Waals surface area contributed by atoms with E-state index >= 15 is 0 Å². The predicted molar refractivity (Wildman–Crippen MR) is 103 cm³/mol. The van der Waals surface area contributed by atoms with Crippen molar-refractivity contribution in [1.82, 2.24) is 20.4 Å². The zero-order chi connectivity index (χ0) is 19.3. The highest BCUT2D eigenvalue weighted by atomic mass is 16.2. The van der Waals surface area contributed by atoms with Gasteiger partial charge in [0.25, 0.3) is 11.5 Å². The van der Waals surface area contributed by atoms with Gasteiger partial charge in [-0.2, -0.15) is 0 Å². The molecular weight excluding hydrogens is 356 g/mol. The Labute approximate surface area is 162 Å². The van der Waals surface area contributed by atoms with Gasteiger partial charge < -0.3 is 0 Å². The predicted octanol–water partition coefficient (Wildman–Crippen LogP) is 1.93. The first kappa shape index (κ1) is 17.4. The van der Waals surface area contributed by atoms with E-state index in [9.17, 15) is 14.4 Å². The third-order valence-corrected chi connectivity index (χ3v) is 6.73. The molecule has 2 saturated carbocycles. The van der Waals surface area contributed by atoms with Crippen molar-refractivity contribution in [2.75, 3.05) is 0 Å². The normalized spacial score (nSPS) is 25.1. The Bertz CT molecular complexity index is 1030. The summed E-state index contributed by atoms with van der Waals surface area (Å²) < 4.78 is 1.71. The van der Waals surface area contributed by atoms with Crippen molar-refractivity contribution in [2.24, 2.45) is 17.8 Å². The van der Waals surface area contributed by atoms with Gasteiger partial charge >= 0.3 is 0 Å². The summed E-state index contributed by atoms with van der Waals surface area (Å²) in [6.07, 6.45) is 7.12. The lowest BCUT2D eigenvalue weighted by Crippen LogP contribution is -2.42. The number of aryl methyl sites for hydroxylation is 1. The average molecular weight is 380 g/mol. The zero-order valence-corrected chi connectivity index (χ0v) is 15.7. The minimum Gasteiger partial charge on any atom is -0.296 e. The number of carbonyl (C=O) groups is 2. The topological polar surface area (TPSA) is 93.1 Å². The maximum atomic E-state index is 12.5. The highest BCUT2D eigenvalue weighted by molar-refractivity contribution is 5.98. The molecule has 0 unspecified atom stereocenters. The van der Waals surface area contributed by atoms with Gasteiger partial charge in [0, 0.05) is 24.9 Å². The average Bonchev–Trinajstić information content (AvgIpc) is 3.42. The summed E-state index contributed by atoms with van der Waals surface area (Å²) >= 11 is 0. The van der Waals surface area contributed by atoms with E-state index in [2.05, 4.69) is 15.8 Å². The number of carbonyl (C=O) groups excluding carboxylic acids is 2. The molecule has 2 heterocycles. The van der Waals surface area contributed by atoms with Gasteiger partial charge in [0.2, 0.25) is 5.91 Å². The Morgan fingerprint density at radius 3 is 2.86 bits per heavy atom. The molecule has 2 aromatic rings. The summed E-state index contributed by atoms with van der Waals surface area (Å²) in [6.45, 7) is 0.702. The number of nitrogens with zero attached hydrogens (tertiary/aromatic N) is 2. The maximum absolute atomic E-state index is 12.5. The number of amides is 2. The molecule has 0 spiro atoms.